The highest BCUT2D eigenvalue weighted by atomic mass is 79.9. The van der Waals surface area contributed by atoms with E-state index in [0.717, 1.165) is 46.3 Å². The number of hydrogen-bond donors (Lipinski definition) is 1. The van der Waals surface area contributed by atoms with E-state index in [0.29, 0.717) is 6.54 Å². The van der Waals surface area contributed by atoms with Crippen molar-refractivity contribution in [2.45, 2.75) is 18.8 Å². The van der Waals surface area contributed by atoms with Crippen molar-refractivity contribution in [2.75, 3.05) is 13.1 Å². The highest BCUT2D eigenvalue weighted by Gasteiger charge is 2.25. The molecule has 1 aliphatic rings. The maximum absolute atomic E-state index is 12.6. The fraction of sp³-hybridized carbons (Fsp3) is 0.238. The van der Waals surface area contributed by atoms with Gasteiger partial charge in [0.25, 0.3) is 0 Å². The lowest BCUT2D eigenvalue weighted by Crippen LogP contribution is -2.38. The van der Waals surface area contributed by atoms with Gasteiger partial charge in [-0.3, -0.25) is 4.79 Å². The average Bonchev–Trinajstić information content (AvgIpc) is 3.11. The Morgan fingerprint density at radius 2 is 2.00 bits per heavy atom. The van der Waals surface area contributed by atoms with Crippen LogP contribution in [0.3, 0.4) is 0 Å². The molecule has 1 aliphatic heterocycles. The molecule has 0 spiro atoms. The summed E-state index contributed by atoms with van der Waals surface area (Å²) in [5.41, 5.74) is 3.05. The number of H-pyrrole nitrogens is 1. The Morgan fingerprint density at radius 1 is 1.19 bits per heavy atom. The number of fused-ring (bicyclic) bond motifs is 1. The Hall–Kier alpha value is -2.40. The van der Waals surface area contributed by atoms with Gasteiger partial charge in [-0.25, -0.2) is 4.98 Å². The zero-order chi connectivity index (χ0) is 17.9. The van der Waals surface area contributed by atoms with Crippen LogP contribution in [0, 0.1) is 0 Å². The third-order valence-electron chi connectivity index (χ3n) is 4.84. The van der Waals surface area contributed by atoms with Gasteiger partial charge in [0.1, 0.15) is 5.82 Å². The number of hydrogen-bond acceptors (Lipinski definition) is 2. The van der Waals surface area contributed by atoms with E-state index in [2.05, 4.69) is 20.9 Å². The van der Waals surface area contributed by atoms with Crippen LogP contribution in [0.25, 0.3) is 17.1 Å². The minimum Gasteiger partial charge on any atom is -0.342 e. The van der Waals surface area contributed by atoms with Crippen LogP contribution in [0.4, 0.5) is 0 Å². The lowest BCUT2D eigenvalue weighted by atomic mass is 9.97. The fourth-order valence-corrected chi connectivity index (χ4v) is 3.86. The molecule has 0 radical (unpaired) electrons. The van der Waals surface area contributed by atoms with Crippen molar-refractivity contribution in [3.63, 3.8) is 0 Å². The summed E-state index contributed by atoms with van der Waals surface area (Å²) in [6.45, 7) is 1.51. The number of aromatic nitrogens is 2. The largest absolute Gasteiger partial charge is 0.342 e. The van der Waals surface area contributed by atoms with E-state index in [1.54, 1.807) is 6.08 Å². The van der Waals surface area contributed by atoms with Crippen LogP contribution in [0.1, 0.15) is 30.1 Å². The Balaban J connectivity index is 1.47. The van der Waals surface area contributed by atoms with E-state index in [1.165, 1.54) is 0 Å². The van der Waals surface area contributed by atoms with Crippen LogP contribution in [-0.4, -0.2) is 33.9 Å². The maximum Gasteiger partial charge on any atom is 0.246 e. The van der Waals surface area contributed by atoms with Crippen molar-refractivity contribution < 1.29 is 4.79 Å². The third kappa shape index (κ3) is 3.58. The summed E-state index contributed by atoms with van der Waals surface area (Å²) in [6, 6.07) is 16.0. The number of rotatable bonds is 3. The second-order valence-corrected chi connectivity index (χ2v) is 7.47. The Labute approximate surface area is 161 Å². The number of carbonyl (C=O) groups excluding carboxylic acids is 1. The SMILES string of the molecule is O=C(/C=C/c1ccccc1Br)N1CCCC(c2nc3ccccc3[nH]2)C1. The molecule has 4 nitrogen and oxygen atoms in total. The van der Waals surface area contributed by atoms with Crippen LogP contribution in [-0.2, 0) is 4.79 Å². The van der Waals surface area contributed by atoms with Gasteiger partial charge in [0.15, 0.2) is 0 Å². The van der Waals surface area contributed by atoms with Crippen molar-refractivity contribution >= 4 is 38.9 Å². The second kappa shape index (κ2) is 7.46. The predicted octanol–water partition coefficient (Wildman–Crippen LogP) is 4.74. The van der Waals surface area contributed by atoms with E-state index < -0.39 is 0 Å². The van der Waals surface area contributed by atoms with Crippen molar-refractivity contribution in [3.05, 3.63) is 70.5 Å². The highest BCUT2D eigenvalue weighted by Crippen LogP contribution is 2.27. The van der Waals surface area contributed by atoms with Gasteiger partial charge < -0.3 is 9.88 Å². The molecule has 1 unspecified atom stereocenters. The summed E-state index contributed by atoms with van der Waals surface area (Å²) in [6.07, 6.45) is 5.59. The van der Waals surface area contributed by atoms with Gasteiger partial charge in [0.2, 0.25) is 5.91 Å². The zero-order valence-corrected chi connectivity index (χ0v) is 15.9. The smallest absolute Gasteiger partial charge is 0.246 e. The minimum absolute atomic E-state index is 0.0570. The summed E-state index contributed by atoms with van der Waals surface area (Å²) >= 11 is 3.51. The lowest BCUT2D eigenvalue weighted by molar-refractivity contribution is -0.127. The van der Waals surface area contributed by atoms with E-state index >= 15 is 0 Å². The number of benzene rings is 2. The molecular formula is C21H20BrN3O. The Bertz CT molecular complexity index is 930. The Kier molecular flexibility index (Phi) is 4.89. The molecule has 3 aromatic rings. The minimum atomic E-state index is 0.0570. The Morgan fingerprint density at radius 3 is 2.85 bits per heavy atom. The quantitative estimate of drug-likeness (QED) is 0.634. The molecule has 5 heteroatoms. The molecule has 26 heavy (non-hydrogen) atoms. The van der Waals surface area contributed by atoms with Gasteiger partial charge >= 0.3 is 0 Å². The van der Waals surface area contributed by atoms with Crippen molar-refractivity contribution in [1.82, 2.24) is 14.9 Å². The first-order chi connectivity index (χ1) is 12.7. The number of likely N-dealkylation sites (tertiary alicyclic amines) is 1. The topological polar surface area (TPSA) is 49.0 Å². The predicted molar refractivity (Wildman–Crippen MR) is 108 cm³/mol. The summed E-state index contributed by atoms with van der Waals surface area (Å²) in [5.74, 6) is 1.30. The maximum atomic E-state index is 12.6. The number of para-hydroxylation sites is 2. The zero-order valence-electron chi connectivity index (χ0n) is 14.4. The molecule has 1 atom stereocenters. The number of imidazole rings is 1. The molecule has 1 amide bonds. The molecule has 0 aliphatic carbocycles. The van der Waals surface area contributed by atoms with Crippen LogP contribution < -0.4 is 0 Å². The number of piperidine rings is 1. The van der Waals surface area contributed by atoms with E-state index in [-0.39, 0.29) is 11.8 Å². The molecule has 1 fully saturated rings. The van der Waals surface area contributed by atoms with Crippen LogP contribution >= 0.6 is 15.9 Å². The lowest BCUT2D eigenvalue weighted by Gasteiger charge is -2.31. The highest BCUT2D eigenvalue weighted by molar-refractivity contribution is 9.10. The molecule has 0 bridgehead atoms. The van der Waals surface area contributed by atoms with E-state index in [1.807, 2.05) is 59.5 Å². The molecule has 1 aromatic heterocycles. The summed E-state index contributed by atoms with van der Waals surface area (Å²) in [7, 11) is 0. The number of halogens is 1. The number of amides is 1. The molecule has 2 heterocycles. The molecular weight excluding hydrogens is 390 g/mol. The fourth-order valence-electron chi connectivity index (χ4n) is 3.44. The first kappa shape index (κ1) is 17.0. The first-order valence-electron chi connectivity index (χ1n) is 8.87. The molecule has 1 saturated heterocycles. The summed E-state index contributed by atoms with van der Waals surface area (Å²) in [5, 5.41) is 0. The molecule has 4 rings (SSSR count). The number of nitrogens with zero attached hydrogens (tertiary/aromatic N) is 2. The van der Waals surface area contributed by atoms with Gasteiger partial charge in [0.05, 0.1) is 11.0 Å². The molecule has 2 aromatic carbocycles. The second-order valence-electron chi connectivity index (χ2n) is 6.62. The third-order valence-corrected chi connectivity index (χ3v) is 5.56. The van der Waals surface area contributed by atoms with Crippen molar-refractivity contribution in [1.29, 1.82) is 0 Å². The standard InChI is InChI=1S/C21H20BrN3O/c22-17-8-2-1-6-15(17)11-12-20(26)25-13-5-7-16(14-25)21-23-18-9-3-4-10-19(18)24-21/h1-4,6,8-12,16H,5,7,13-14H2,(H,23,24)/b12-11+. The number of carbonyl (C=O) groups is 1. The van der Waals surface area contributed by atoms with Crippen molar-refractivity contribution in [3.8, 4) is 0 Å². The van der Waals surface area contributed by atoms with Gasteiger partial charge in [-0.2, -0.15) is 0 Å². The summed E-state index contributed by atoms with van der Waals surface area (Å²) in [4.78, 5) is 22.7. The van der Waals surface area contributed by atoms with Crippen LogP contribution in [0.15, 0.2) is 59.1 Å². The number of aromatic amines is 1. The van der Waals surface area contributed by atoms with Crippen molar-refractivity contribution in [2.24, 2.45) is 0 Å². The van der Waals surface area contributed by atoms with Gasteiger partial charge in [0, 0.05) is 29.6 Å². The van der Waals surface area contributed by atoms with Gasteiger partial charge in [-0.15, -0.1) is 0 Å². The molecule has 132 valence electrons. The first-order valence-corrected chi connectivity index (χ1v) is 9.66. The van der Waals surface area contributed by atoms with Crippen LogP contribution in [0.5, 0.6) is 0 Å². The normalized spacial score (nSPS) is 17.9. The van der Waals surface area contributed by atoms with E-state index in [4.69, 9.17) is 4.98 Å². The van der Waals surface area contributed by atoms with Gasteiger partial charge in [-0.1, -0.05) is 46.3 Å². The molecule has 1 N–H and O–H groups in total. The molecule has 0 saturated carbocycles. The van der Waals surface area contributed by atoms with Gasteiger partial charge in [-0.05, 0) is 42.7 Å². The number of nitrogens with one attached hydrogen (secondary N) is 1. The summed E-state index contributed by atoms with van der Waals surface area (Å²) < 4.78 is 0.989. The average molecular weight is 410 g/mol. The monoisotopic (exact) mass is 409 g/mol. The van der Waals surface area contributed by atoms with E-state index in [9.17, 15) is 4.79 Å². The van der Waals surface area contributed by atoms with Crippen LogP contribution in [0.2, 0.25) is 0 Å².